The summed E-state index contributed by atoms with van der Waals surface area (Å²) in [7, 11) is 1.71. The van der Waals surface area contributed by atoms with Crippen molar-refractivity contribution in [2.75, 3.05) is 25.7 Å². The lowest BCUT2D eigenvalue weighted by molar-refractivity contribution is 0.414. The molecule has 3 heteroatoms. The Morgan fingerprint density at radius 1 is 1.44 bits per heavy atom. The first kappa shape index (κ1) is 13.4. The molecule has 0 fully saturated rings. The first-order valence-electron chi connectivity index (χ1n) is 5.59. The average Bonchev–Trinajstić information content (AvgIpc) is 2.29. The number of benzene rings is 1. The van der Waals surface area contributed by atoms with Crippen molar-refractivity contribution < 1.29 is 4.74 Å². The van der Waals surface area contributed by atoms with Crippen LogP contribution < -0.4 is 10.1 Å². The smallest absolute Gasteiger partial charge is 0.119 e. The largest absolute Gasteiger partial charge is 0.497 e. The fourth-order valence-electron chi connectivity index (χ4n) is 1.84. The van der Waals surface area contributed by atoms with Gasteiger partial charge in [0.2, 0.25) is 0 Å². The van der Waals surface area contributed by atoms with Gasteiger partial charge in [-0.3, -0.25) is 0 Å². The summed E-state index contributed by atoms with van der Waals surface area (Å²) in [5, 5.41) is 3.52. The Bertz CT molecular complexity index is 322. The summed E-state index contributed by atoms with van der Waals surface area (Å²) in [5.74, 6) is 2.03. The molecule has 1 N–H and O–H groups in total. The quantitative estimate of drug-likeness (QED) is 0.824. The summed E-state index contributed by atoms with van der Waals surface area (Å²) in [6.45, 7) is 5.28. The highest BCUT2D eigenvalue weighted by atomic mass is 32.2. The molecule has 0 aliphatic rings. The summed E-state index contributed by atoms with van der Waals surface area (Å²) in [6, 6.07) is 6.73. The van der Waals surface area contributed by atoms with Crippen LogP contribution in [0, 0.1) is 6.92 Å². The molecule has 90 valence electrons. The van der Waals surface area contributed by atoms with Crippen molar-refractivity contribution in [3.8, 4) is 5.75 Å². The predicted molar refractivity (Wildman–Crippen MR) is 72.5 cm³/mol. The number of aryl methyl sites for hydroxylation is 1. The summed E-state index contributed by atoms with van der Waals surface area (Å²) < 4.78 is 5.22. The van der Waals surface area contributed by atoms with E-state index in [1.165, 1.54) is 11.1 Å². The third-order valence-corrected chi connectivity index (χ3v) is 3.30. The molecule has 0 amide bonds. The zero-order chi connectivity index (χ0) is 12.0. The van der Waals surface area contributed by atoms with Crippen LogP contribution in [0.3, 0.4) is 0 Å². The molecule has 0 aromatic heterocycles. The van der Waals surface area contributed by atoms with E-state index in [0.717, 1.165) is 18.0 Å². The van der Waals surface area contributed by atoms with Crippen molar-refractivity contribution in [1.29, 1.82) is 0 Å². The van der Waals surface area contributed by atoms with Crippen LogP contribution in [0.5, 0.6) is 5.75 Å². The van der Waals surface area contributed by atoms with E-state index in [1.807, 2.05) is 17.8 Å². The fraction of sp³-hybridized carbons (Fsp3) is 0.538. The van der Waals surface area contributed by atoms with Gasteiger partial charge in [-0.25, -0.2) is 0 Å². The maximum Gasteiger partial charge on any atom is 0.119 e. The number of nitrogens with one attached hydrogen (secondary N) is 1. The van der Waals surface area contributed by atoms with Crippen molar-refractivity contribution in [2.24, 2.45) is 0 Å². The van der Waals surface area contributed by atoms with E-state index in [2.05, 4.69) is 37.6 Å². The van der Waals surface area contributed by atoms with E-state index in [4.69, 9.17) is 4.74 Å². The molecule has 1 rings (SSSR count). The number of methoxy groups -OCH3 is 1. The van der Waals surface area contributed by atoms with Gasteiger partial charge < -0.3 is 10.1 Å². The summed E-state index contributed by atoms with van der Waals surface area (Å²) in [5.41, 5.74) is 2.66. The van der Waals surface area contributed by atoms with E-state index < -0.39 is 0 Å². The van der Waals surface area contributed by atoms with Gasteiger partial charge in [-0.1, -0.05) is 13.0 Å². The molecule has 0 saturated heterocycles. The molecule has 0 heterocycles. The SMILES string of the molecule is CCNC(CSC)c1ccc(OC)cc1C. The van der Waals surface area contributed by atoms with E-state index in [1.54, 1.807) is 7.11 Å². The van der Waals surface area contributed by atoms with Gasteiger partial charge in [0.05, 0.1) is 7.11 Å². The van der Waals surface area contributed by atoms with Crippen molar-refractivity contribution in [2.45, 2.75) is 19.9 Å². The molecule has 0 aliphatic carbocycles. The Hall–Kier alpha value is -0.670. The van der Waals surface area contributed by atoms with Gasteiger partial charge in [-0.05, 0) is 43.0 Å². The highest BCUT2D eigenvalue weighted by Crippen LogP contribution is 2.24. The van der Waals surface area contributed by atoms with E-state index in [-0.39, 0.29) is 0 Å². The lowest BCUT2D eigenvalue weighted by Gasteiger charge is -2.19. The topological polar surface area (TPSA) is 21.3 Å². The fourth-order valence-corrected chi connectivity index (χ4v) is 2.47. The van der Waals surface area contributed by atoms with Crippen molar-refractivity contribution in [3.05, 3.63) is 29.3 Å². The molecule has 1 aromatic rings. The van der Waals surface area contributed by atoms with Gasteiger partial charge in [0.15, 0.2) is 0 Å². The molecule has 0 bridgehead atoms. The van der Waals surface area contributed by atoms with Crippen LogP contribution in [0.25, 0.3) is 0 Å². The number of rotatable bonds is 6. The molecule has 1 aromatic carbocycles. The number of thioether (sulfide) groups is 1. The molecule has 0 aliphatic heterocycles. The zero-order valence-corrected chi connectivity index (χ0v) is 11.4. The van der Waals surface area contributed by atoms with Crippen LogP contribution in [0.2, 0.25) is 0 Å². The Morgan fingerprint density at radius 2 is 2.19 bits per heavy atom. The Morgan fingerprint density at radius 3 is 2.69 bits per heavy atom. The highest BCUT2D eigenvalue weighted by Gasteiger charge is 2.12. The third kappa shape index (κ3) is 3.42. The van der Waals surface area contributed by atoms with Crippen molar-refractivity contribution >= 4 is 11.8 Å². The second kappa shape index (κ2) is 6.81. The van der Waals surface area contributed by atoms with Gasteiger partial charge in [-0.2, -0.15) is 11.8 Å². The maximum atomic E-state index is 5.22. The summed E-state index contributed by atoms with van der Waals surface area (Å²) in [6.07, 6.45) is 2.14. The first-order valence-corrected chi connectivity index (χ1v) is 6.99. The van der Waals surface area contributed by atoms with Crippen LogP contribution in [0.4, 0.5) is 0 Å². The van der Waals surface area contributed by atoms with Crippen LogP contribution >= 0.6 is 11.8 Å². The molecule has 2 nitrogen and oxygen atoms in total. The van der Waals surface area contributed by atoms with Crippen LogP contribution in [0.1, 0.15) is 24.1 Å². The maximum absolute atomic E-state index is 5.22. The normalized spacial score (nSPS) is 12.5. The average molecular weight is 239 g/mol. The van der Waals surface area contributed by atoms with Gasteiger partial charge >= 0.3 is 0 Å². The van der Waals surface area contributed by atoms with Gasteiger partial charge in [0.1, 0.15) is 5.75 Å². The monoisotopic (exact) mass is 239 g/mol. The molecular formula is C13H21NOS. The lowest BCUT2D eigenvalue weighted by Crippen LogP contribution is -2.23. The van der Waals surface area contributed by atoms with Crippen molar-refractivity contribution in [3.63, 3.8) is 0 Å². The Kier molecular flexibility index (Phi) is 5.71. The molecule has 16 heavy (non-hydrogen) atoms. The number of hydrogen-bond acceptors (Lipinski definition) is 3. The molecular weight excluding hydrogens is 218 g/mol. The number of ether oxygens (including phenoxy) is 1. The minimum atomic E-state index is 0.436. The second-order valence-corrected chi connectivity index (χ2v) is 4.70. The van der Waals surface area contributed by atoms with Crippen LogP contribution in [0.15, 0.2) is 18.2 Å². The molecule has 0 radical (unpaired) electrons. The minimum absolute atomic E-state index is 0.436. The van der Waals surface area contributed by atoms with E-state index >= 15 is 0 Å². The number of hydrogen-bond donors (Lipinski definition) is 1. The molecule has 0 spiro atoms. The zero-order valence-electron chi connectivity index (χ0n) is 10.5. The molecule has 0 saturated carbocycles. The summed E-state index contributed by atoms with van der Waals surface area (Å²) in [4.78, 5) is 0. The Labute approximate surface area is 103 Å². The van der Waals surface area contributed by atoms with Gasteiger partial charge in [-0.15, -0.1) is 0 Å². The van der Waals surface area contributed by atoms with E-state index in [9.17, 15) is 0 Å². The van der Waals surface area contributed by atoms with E-state index in [0.29, 0.717) is 6.04 Å². The van der Waals surface area contributed by atoms with Crippen LogP contribution in [-0.4, -0.2) is 25.7 Å². The standard InChI is InChI=1S/C13H21NOS/c1-5-14-13(9-16-4)12-7-6-11(15-3)8-10(12)2/h6-8,13-14H,5,9H2,1-4H3. The third-order valence-electron chi connectivity index (χ3n) is 2.64. The second-order valence-electron chi connectivity index (χ2n) is 3.79. The highest BCUT2D eigenvalue weighted by molar-refractivity contribution is 7.98. The van der Waals surface area contributed by atoms with Crippen molar-refractivity contribution in [1.82, 2.24) is 5.32 Å². The van der Waals surface area contributed by atoms with Gasteiger partial charge in [0.25, 0.3) is 0 Å². The lowest BCUT2D eigenvalue weighted by atomic mass is 10.0. The molecule has 1 unspecified atom stereocenters. The van der Waals surface area contributed by atoms with Crippen LogP contribution in [-0.2, 0) is 0 Å². The first-order chi connectivity index (χ1) is 7.72. The minimum Gasteiger partial charge on any atom is -0.497 e. The summed E-state index contributed by atoms with van der Waals surface area (Å²) >= 11 is 1.87. The molecule has 1 atom stereocenters. The van der Waals surface area contributed by atoms with Gasteiger partial charge in [0, 0.05) is 11.8 Å². The predicted octanol–water partition coefficient (Wildman–Crippen LogP) is 3.02. The Balaban J connectivity index is 2.90.